The molecule has 0 aromatic carbocycles. The maximum atomic E-state index is 11.7. The van der Waals surface area contributed by atoms with E-state index < -0.39 is 5.97 Å². The van der Waals surface area contributed by atoms with Crippen LogP contribution in [0.5, 0.6) is 0 Å². The van der Waals surface area contributed by atoms with Gasteiger partial charge in [0.15, 0.2) is 0 Å². The molecule has 0 aromatic rings. The summed E-state index contributed by atoms with van der Waals surface area (Å²) in [5.74, 6) is 1.20. The van der Waals surface area contributed by atoms with E-state index in [-0.39, 0.29) is 25.2 Å². The summed E-state index contributed by atoms with van der Waals surface area (Å²) in [4.78, 5) is 38.5. The summed E-state index contributed by atoms with van der Waals surface area (Å²) in [5.41, 5.74) is 0. The Labute approximate surface area is 146 Å². The van der Waals surface area contributed by atoms with Crippen molar-refractivity contribution < 1.29 is 19.2 Å². The van der Waals surface area contributed by atoms with Crippen LogP contribution in [0.4, 0.5) is 0 Å². The van der Waals surface area contributed by atoms with E-state index in [2.05, 4.69) is 17.2 Å². The first-order valence-corrected chi connectivity index (χ1v) is 9.30. The molecule has 2 fully saturated rings. The maximum Gasteiger partial charge on any atom is 0.332 e. The predicted octanol–water partition coefficient (Wildman–Crippen LogP) is 0.959. The molecule has 3 atom stereocenters. The minimum Gasteiger partial charge on any atom is -0.367 e. The van der Waals surface area contributed by atoms with Crippen LogP contribution >= 0.6 is 11.8 Å². The Hall–Kier alpha value is -1.70. The summed E-state index contributed by atoms with van der Waals surface area (Å²) in [6, 6.07) is 0.888. The highest BCUT2D eigenvalue weighted by Crippen LogP contribution is 2.34. The van der Waals surface area contributed by atoms with Crippen molar-refractivity contribution in [3.05, 3.63) is 12.4 Å². The number of hydroxylamine groups is 2. The van der Waals surface area contributed by atoms with E-state index in [0.717, 1.165) is 35.9 Å². The molecule has 0 bridgehead atoms. The second kappa shape index (κ2) is 8.96. The molecular formula is C16H25N3O4S. The Bertz CT molecular complexity index is 500. The van der Waals surface area contributed by atoms with Gasteiger partial charge in [0.2, 0.25) is 0 Å². The fourth-order valence-corrected chi connectivity index (χ4v) is 4.50. The van der Waals surface area contributed by atoms with E-state index in [1.165, 1.54) is 7.05 Å². The van der Waals surface area contributed by atoms with Crippen LogP contribution in [0, 0.1) is 0 Å². The number of carbonyl (C=O) groups excluding carboxylic acids is 3. The van der Waals surface area contributed by atoms with E-state index in [0.29, 0.717) is 23.6 Å². The van der Waals surface area contributed by atoms with Crippen LogP contribution in [0.1, 0.15) is 38.5 Å². The van der Waals surface area contributed by atoms with Gasteiger partial charge in [0, 0.05) is 37.3 Å². The lowest BCUT2D eigenvalue weighted by molar-refractivity contribution is -0.192. The van der Waals surface area contributed by atoms with Gasteiger partial charge in [-0.15, -0.1) is 0 Å². The molecule has 2 saturated heterocycles. The summed E-state index contributed by atoms with van der Waals surface area (Å²) in [6.45, 7) is 3.91. The second-order valence-electron chi connectivity index (χ2n) is 6.08. The third kappa shape index (κ3) is 5.15. The quantitative estimate of drug-likeness (QED) is 0.381. The van der Waals surface area contributed by atoms with Crippen LogP contribution in [0.15, 0.2) is 12.4 Å². The van der Waals surface area contributed by atoms with E-state index in [1.807, 2.05) is 11.8 Å². The summed E-state index contributed by atoms with van der Waals surface area (Å²) in [5, 5.41) is 8.18. The average molecular weight is 355 g/mol. The Morgan fingerprint density at radius 2 is 2.17 bits per heavy atom. The first-order chi connectivity index (χ1) is 11.5. The lowest BCUT2D eigenvalue weighted by Crippen LogP contribution is -2.36. The van der Waals surface area contributed by atoms with Crippen molar-refractivity contribution in [2.45, 2.75) is 55.9 Å². The Morgan fingerprint density at radius 3 is 2.92 bits per heavy atom. The number of hydrogen-bond acceptors (Lipinski definition) is 7. The largest absolute Gasteiger partial charge is 0.367 e. The van der Waals surface area contributed by atoms with Crippen LogP contribution in [0.2, 0.25) is 0 Å². The molecule has 1 amide bonds. The summed E-state index contributed by atoms with van der Waals surface area (Å²) in [7, 11) is 1.39. The SMILES string of the molecule is C=C1NC2CSC(CCCCC(=O)ON(C)C(=O)CCC=O)C2N1. The number of carbonyl (C=O) groups is 3. The molecule has 134 valence electrons. The molecule has 2 aliphatic rings. The fraction of sp³-hybridized carbons (Fsp3) is 0.688. The van der Waals surface area contributed by atoms with E-state index in [4.69, 9.17) is 4.84 Å². The number of amides is 1. The third-order valence-corrected chi connectivity index (χ3v) is 5.72. The highest BCUT2D eigenvalue weighted by molar-refractivity contribution is 8.00. The molecule has 0 aromatic heterocycles. The van der Waals surface area contributed by atoms with E-state index in [1.54, 1.807) is 0 Å². The summed E-state index contributed by atoms with van der Waals surface area (Å²) in [6.07, 6.45) is 3.86. The van der Waals surface area contributed by atoms with E-state index >= 15 is 0 Å². The monoisotopic (exact) mass is 355 g/mol. The number of rotatable bonds is 8. The summed E-state index contributed by atoms with van der Waals surface area (Å²) >= 11 is 1.95. The second-order valence-corrected chi connectivity index (χ2v) is 7.35. The highest BCUT2D eigenvalue weighted by Gasteiger charge is 2.40. The zero-order valence-electron chi connectivity index (χ0n) is 14.0. The van der Waals surface area contributed by atoms with Gasteiger partial charge in [-0.1, -0.05) is 13.0 Å². The van der Waals surface area contributed by atoms with E-state index in [9.17, 15) is 14.4 Å². The van der Waals surface area contributed by atoms with Gasteiger partial charge in [-0.05, 0) is 12.8 Å². The van der Waals surface area contributed by atoms with Crippen molar-refractivity contribution in [1.29, 1.82) is 0 Å². The molecule has 0 radical (unpaired) electrons. The zero-order chi connectivity index (χ0) is 17.5. The van der Waals surface area contributed by atoms with Crippen LogP contribution in [-0.2, 0) is 19.2 Å². The Kier molecular flexibility index (Phi) is 6.96. The number of hydrogen-bond donors (Lipinski definition) is 2. The number of nitrogens with one attached hydrogen (secondary N) is 2. The van der Waals surface area contributed by atoms with Gasteiger partial charge in [-0.25, -0.2) is 4.79 Å². The molecule has 24 heavy (non-hydrogen) atoms. The van der Waals surface area contributed by atoms with Gasteiger partial charge in [-0.2, -0.15) is 16.8 Å². The van der Waals surface area contributed by atoms with Gasteiger partial charge in [0.05, 0.1) is 17.9 Å². The normalized spacial score (nSPS) is 24.7. The third-order valence-electron chi connectivity index (χ3n) is 4.21. The van der Waals surface area contributed by atoms with Gasteiger partial charge in [0.1, 0.15) is 6.29 Å². The fourth-order valence-electron chi connectivity index (χ4n) is 2.95. The van der Waals surface area contributed by atoms with Crippen LogP contribution < -0.4 is 10.6 Å². The standard InChI is InChI=1S/C16H25N3O4S/c1-11-17-12-10-24-13(16(12)18-11)6-3-4-8-15(22)23-19(2)14(21)7-5-9-20/h9,12-13,16-18H,1,3-8,10H2,2H3. The van der Waals surface area contributed by atoms with Gasteiger partial charge >= 0.3 is 5.97 Å². The number of aldehydes is 1. The smallest absolute Gasteiger partial charge is 0.332 e. The number of unbranched alkanes of at least 4 members (excludes halogenated alkanes) is 1. The number of thioether (sulfide) groups is 1. The molecule has 0 spiro atoms. The van der Waals surface area contributed by atoms with Crippen molar-refractivity contribution in [3.8, 4) is 0 Å². The van der Waals surface area contributed by atoms with Crippen molar-refractivity contribution in [1.82, 2.24) is 15.7 Å². The van der Waals surface area contributed by atoms with Gasteiger partial charge in [0.25, 0.3) is 5.91 Å². The molecule has 0 aliphatic carbocycles. The lowest BCUT2D eigenvalue weighted by Gasteiger charge is -2.17. The zero-order valence-corrected chi connectivity index (χ0v) is 14.8. The van der Waals surface area contributed by atoms with Crippen molar-refractivity contribution >= 4 is 29.9 Å². The topological polar surface area (TPSA) is 87.7 Å². The molecule has 2 aliphatic heterocycles. The van der Waals surface area contributed by atoms with Crippen LogP contribution in [0.3, 0.4) is 0 Å². The molecule has 2 rings (SSSR count). The predicted molar refractivity (Wildman–Crippen MR) is 91.9 cm³/mol. The number of nitrogens with zero attached hydrogens (tertiary/aromatic N) is 1. The molecule has 2 heterocycles. The Balaban J connectivity index is 1.58. The Morgan fingerprint density at radius 1 is 1.38 bits per heavy atom. The molecule has 0 saturated carbocycles. The van der Waals surface area contributed by atoms with Crippen molar-refractivity contribution in [2.24, 2.45) is 0 Å². The minimum atomic E-state index is -0.414. The van der Waals surface area contributed by atoms with Gasteiger partial charge in [-0.3, -0.25) is 4.79 Å². The minimum absolute atomic E-state index is 0.0566. The number of fused-ring (bicyclic) bond motifs is 1. The molecule has 7 nitrogen and oxygen atoms in total. The molecule has 3 unspecified atom stereocenters. The van der Waals surface area contributed by atoms with Crippen molar-refractivity contribution in [3.63, 3.8) is 0 Å². The van der Waals surface area contributed by atoms with Gasteiger partial charge < -0.3 is 20.3 Å². The first kappa shape index (κ1) is 18.6. The molecule has 8 heteroatoms. The average Bonchev–Trinajstić information content (AvgIpc) is 3.08. The van der Waals surface area contributed by atoms with Crippen molar-refractivity contribution in [2.75, 3.05) is 12.8 Å². The lowest BCUT2D eigenvalue weighted by atomic mass is 10.0. The maximum absolute atomic E-state index is 11.7. The van der Waals surface area contributed by atoms with Crippen LogP contribution in [-0.4, -0.2) is 53.4 Å². The summed E-state index contributed by atoms with van der Waals surface area (Å²) < 4.78 is 0. The first-order valence-electron chi connectivity index (χ1n) is 8.26. The molecular weight excluding hydrogens is 330 g/mol. The van der Waals surface area contributed by atoms with Crippen LogP contribution in [0.25, 0.3) is 0 Å². The highest BCUT2D eigenvalue weighted by atomic mass is 32.2. The molecule has 2 N–H and O–H groups in total.